The van der Waals surface area contributed by atoms with E-state index in [-0.39, 0.29) is 11.3 Å². The predicted octanol–water partition coefficient (Wildman–Crippen LogP) is 5.09. The Kier molecular flexibility index (Phi) is 6.19. The fraction of sp³-hybridized carbons (Fsp3) is 0.480. The molecule has 160 valence electrons. The van der Waals surface area contributed by atoms with Crippen LogP contribution in [0.2, 0.25) is 5.02 Å². The van der Waals surface area contributed by atoms with Gasteiger partial charge in [0.25, 0.3) is 0 Å². The summed E-state index contributed by atoms with van der Waals surface area (Å²) in [4.78, 5) is 14.4. The van der Waals surface area contributed by atoms with E-state index in [1.54, 1.807) is 0 Å². The lowest BCUT2D eigenvalue weighted by Gasteiger charge is -2.38. The van der Waals surface area contributed by atoms with Crippen LogP contribution < -0.4 is 5.32 Å². The molecule has 2 unspecified atom stereocenters. The number of halogens is 1. The SMILES string of the molecule is CC1(C)CC(=O)Nc2ccc(C(O)CN3CCCCC3Cc3ccccc3)c(Cl)c21. The number of anilines is 1. The fourth-order valence-electron chi connectivity index (χ4n) is 5.04. The summed E-state index contributed by atoms with van der Waals surface area (Å²) < 4.78 is 0. The summed E-state index contributed by atoms with van der Waals surface area (Å²) in [6.07, 6.45) is 4.29. The smallest absolute Gasteiger partial charge is 0.225 e. The second-order valence-electron chi connectivity index (χ2n) is 9.35. The third-order valence-electron chi connectivity index (χ3n) is 6.55. The molecule has 30 heavy (non-hydrogen) atoms. The van der Waals surface area contributed by atoms with Crippen molar-refractivity contribution in [1.82, 2.24) is 4.90 Å². The largest absolute Gasteiger partial charge is 0.387 e. The molecule has 0 spiro atoms. The number of aliphatic hydroxyl groups excluding tert-OH is 1. The Bertz CT molecular complexity index is 913. The maximum atomic E-state index is 12.0. The number of fused-ring (bicyclic) bond motifs is 1. The van der Waals surface area contributed by atoms with Crippen molar-refractivity contribution >= 4 is 23.2 Å². The predicted molar refractivity (Wildman–Crippen MR) is 122 cm³/mol. The molecule has 0 bridgehead atoms. The van der Waals surface area contributed by atoms with E-state index in [2.05, 4.69) is 34.5 Å². The molecule has 5 heteroatoms. The number of piperidine rings is 1. The second kappa shape index (κ2) is 8.70. The number of nitrogens with one attached hydrogen (secondary N) is 1. The van der Waals surface area contributed by atoms with Crippen LogP contribution in [0.15, 0.2) is 42.5 Å². The molecule has 1 fully saturated rings. The molecule has 2 aromatic carbocycles. The van der Waals surface area contributed by atoms with Gasteiger partial charge in [-0.3, -0.25) is 9.69 Å². The van der Waals surface area contributed by atoms with Gasteiger partial charge in [0.1, 0.15) is 0 Å². The van der Waals surface area contributed by atoms with Gasteiger partial charge >= 0.3 is 0 Å². The Morgan fingerprint density at radius 1 is 1.20 bits per heavy atom. The van der Waals surface area contributed by atoms with Crippen LogP contribution in [0.1, 0.15) is 62.3 Å². The summed E-state index contributed by atoms with van der Waals surface area (Å²) in [5.41, 5.74) is 3.43. The van der Waals surface area contributed by atoms with Gasteiger partial charge in [0.05, 0.1) is 11.1 Å². The van der Waals surface area contributed by atoms with Crippen molar-refractivity contribution in [1.29, 1.82) is 0 Å². The van der Waals surface area contributed by atoms with Crippen molar-refractivity contribution in [2.75, 3.05) is 18.4 Å². The number of benzene rings is 2. The number of rotatable bonds is 5. The highest BCUT2D eigenvalue weighted by molar-refractivity contribution is 6.33. The number of likely N-dealkylation sites (tertiary alicyclic amines) is 1. The first-order chi connectivity index (χ1) is 14.3. The standard InChI is InChI=1S/C25H31ClN2O2/c1-25(2)15-22(30)27-20-12-11-19(24(26)23(20)25)21(29)16-28-13-7-6-10-18(28)14-17-8-4-3-5-9-17/h3-5,8-9,11-12,18,21,29H,6-7,10,13-16H2,1-2H3,(H,27,30). The minimum atomic E-state index is -0.660. The molecule has 0 aromatic heterocycles. The van der Waals surface area contributed by atoms with Crippen LogP contribution in [0.5, 0.6) is 0 Å². The summed E-state index contributed by atoms with van der Waals surface area (Å²) in [5, 5.41) is 14.7. The van der Waals surface area contributed by atoms with Crippen LogP contribution in [0.3, 0.4) is 0 Å². The number of carbonyl (C=O) groups is 1. The van der Waals surface area contributed by atoms with Gasteiger partial charge < -0.3 is 10.4 Å². The summed E-state index contributed by atoms with van der Waals surface area (Å²) >= 11 is 6.81. The molecule has 0 saturated carbocycles. The lowest BCUT2D eigenvalue weighted by atomic mass is 9.77. The van der Waals surface area contributed by atoms with Gasteiger partial charge in [-0.15, -0.1) is 0 Å². The Labute approximate surface area is 184 Å². The van der Waals surface area contributed by atoms with E-state index in [0.29, 0.717) is 24.0 Å². The van der Waals surface area contributed by atoms with Crippen molar-refractivity contribution in [2.45, 2.75) is 63.5 Å². The molecule has 2 aliphatic heterocycles. The monoisotopic (exact) mass is 426 g/mol. The molecular weight excluding hydrogens is 396 g/mol. The molecule has 4 nitrogen and oxygen atoms in total. The van der Waals surface area contributed by atoms with E-state index in [0.717, 1.165) is 42.6 Å². The van der Waals surface area contributed by atoms with Crippen molar-refractivity contribution < 1.29 is 9.90 Å². The van der Waals surface area contributed by atoms with Gasteiger partial charge in [-0.1, -0.05) is 68.3 Å². The van der Waals surface area contributed by atoms with E-state index >= 15 is 0 Å². The Morgan fingerprint density at radius 2 is 1.97 bits per heavy atom. The van der Waals surface area contributed by atoms with Crippen molar-refractivity contribution in [3.05, 3.63) is 64.2 Å². The van der Waals surface area contributed by atoms with E-state index in [9.17, 15) is 9.90 Å². The van der Waals surface area contributed by atoms with Crippen LogP contribution >= 0.6 is 11.6 Å². The first-order valence-corrected chi connectivity index (χ1v) is 11.3. The zero-order chi connectivity index (χ0) is 21.3. The zero-order valence-corrected chi connectivity index (χ0v) is 18.6. The van der Waals surface area contributed by atoms with Gasteiger partial charge in [0, 0.05) is 41.2 Å². The van der Waals surface area contributed by atoms with E-state index in [1.807, 2.05) is 32.0 Å². The van der Waals surface area contributed by atoms with Crippen LogP contribution in [0.4, 0.5) is 5.69 Å². The number of β-amino-alcohol motifs (C(OH)–C–C–N with tert-alkyl or cyclic N) is 1. The highest BCUT2D eigenvalue weighted by Gasteiger charge is 2.36. The maximum Gasteiger partial charge on any atom is 0.225 e. The second-order valence-corrected chi connectivity index (χ2v) is 9.73. The average Bonchev–Trinajstić information content (AvgIpc) is 2.69. The normalized spacial score (nSPS) is 22.3. The molecular formula is C25H31ClN2O2. The fourth-order valence-corrected chi connectivity index (χ4v) is 5.58. The summed E-state index contributed by atoms with van der Waals surface area (Å²) in [5.74, 6) is 0.00827. The Hall–Kier alpha value is -1.88. The molecule has 2 N–H and O–H groups in total. The summed E-state index contributed by atoms with van der Waals surface area (Å²) in [6.45, 7) is 5.64. The van der Waals surface area contributed by atoms with E-state index in [1.165, 1.54) is 12.0 Å². The van der Waals surface area contributed by atoms with Gasteiger partial charge in [-0.25, -0.2) is 0 Å². The number of nitrogens with zero attached hydrogens (tertiary/aromatic N) is 1. The molecule has 2 aliphatic rings. The average molecular weight is 427 g/mol. The third-order valence-corrected chi connectivity index (χ3v) is 6.96. The highest BCUT2D eigenvalue weighted by Crippen LogP contribution is 2.44. The Morgan fingerprint density at radius 3 is 2.73 bits per heavy atom. The number of hydrogen-bond acceptors (Lipinski definition) is 3. The van der Waals surface area contributed by atoms with Crippen molar-refractivity contribution in [3.8, 4) is 0 Å². The first kappa shape index (κ1) is 21.4. The minimum Gasteiger partial charge on any atom is -0.387 e. The molecule has 2 aromatic rings. The van der Waals surface area contributed by atoms with Gasteiger partial charge in [0.15, 0.2) is 0 Å². The Balaban J connectivity index is 1.54. The lowest BCUT2D eigenvalue weighted by Crippen LogP contribution is -2.43. The molecule has 1 saturated heterocycles. The molecule has 4 rings (SSSR count). The van der Waals surface area contributed by atoms with Crippen LogP contribution in [-0.2, 0) is 16.6 Å². The van der Waals surface area contributed by atoms with Crippen LogP contribution in [0, 0.1) is 0 Å². The van der Waals surface area contributed by atoms with Crippen LogP contribution in [-0.4, -0.2) is 35.0 Å². The van der Waals surface area contributed by atoms with Crippen molar-refractivity contribution in [3.63, 3.8) is 0 Å². The van der Waals surface area contributed by atoms with E-state index < -0.39 is 6.10 Å². The number of aliphatic hydroxyl groups is 1. The number of carbonyl (C=O) groups excluding carboxylic acids is 1. The van der Waals surface area contributed by atoms with Crippen LogP contribution in [0.25, 0.3) is 0 Å². The molecule has 0 radical (unpaired) electrons. The quantitative estimate of drug-likeness (QED) is 0.700. The zero-order valence-electron chi connectivity index (χ0n) is 17.8. The van der Waals surface area contributed by atoms with E-state index in [4.69, 9.17) is 11.6 Å². The van der Waals surface area contributed by atoms with Crippen molar-refractivity contribution in [2.24, 2.45) is 0 Å². The lowest BCUT2D eigenvalue weighted by molar-refractivity contribution is -0.117. The maximum absolute atomic E-state index is 12.0. The van der Waals surface area contributed by atoms with Gasteiger partial charge in [-0.05, 0) is 37.4 Å². The summed E-state index contributed by atoms with van der Waals surface area (Å²) in [6, 6.07) is 14.8. The molecule has 2 heterocycles. The topological polar surface area (TPSA) is 52.6 Å². The molecule has 0 aliphatic carbocycles. The molecule has 2 atom stereocenters. The minimum absolute atomic E-state index is 0.00827. The number of amides is 1. The first-order valence-electron chi connectivity index (χ1n) is 10.9. The highest BCUT2D eigenvalue weighted by atomic mass is 35.5. The summed E-state index contributed by atoms with van der Waals surface area (Å²) in [7, 11) is 0. The third kappa shape index (κ3) is 4.41. The molecule has 1 amide bonds. The number of hydrogen-bond donors (Lipinski definition) is 2. The van der Waals surface area contributed by atoms with Gasteiger partial charge in [-0.2, -0.15) is 0 Å². The van der Waals surface area contributed by atoms with Gasteiger partial charge in [0.2, 0.25) is 5.91 Å².